The zero-order chi connectivity index (χ0) is 9.56. The molecule has 0 rings (SSSR count). The second-order valence-electron chi connectivity index (χ2n) is 2.11. The topological polar surface area (TPSA) is 74.6 Å². The summed E-state index contributed by atoms with van der Waals surface area (Å²) in [7, 11) is 0. The Balaban J connectivity index is 3.38. The molecular weight excluding hydrogens is 180 g/mol. The van der Waals surface area contributed by atoms with Crippen LogP contribution in [0.5, 0.6) is 0 Å². The maximum atomic E-state index is 10.2. The van der Waals surface area contributed by atoms with Crippen LogP contribution in [0.1, 0.15) is 6.42 Å². The van der Waals surface area contributed by atoms with Crippen LogP contribution in [0.4, 0.5) is 0 Å². The van der Waals surface area contributed by atoms with E-state index in [1.807, 2.05) is 0 Å². The van der Waals surface area contributed by atoms with E-state index in [9.17, 15) is 9.59 Å². The average Bonchev–Trinajstić information content (AvgIpc) is 1.97. The van der Waals surface area contributed by atoms with Crippen LogP contribution in [0.25, 0.3) is 0 Å². The van der Waals surface area contributed by atoms with Crippen molar-refractivity contribution in [2.24, 2.45) is 0 Å². The lowest BCUT2D eigenvalue weighted by molar-refractivity contribution is -0.136. The van der Waals surface area contributed by atoms with Crippen molar-refractivity contribution in [2.45, 2.75) is 6.42 Å². The first-order chi connectivity index (χ1) is 5.54. The summed E-state index contributed by atoms with van der Waals surface area (Å²) in [6.07, 6.45) is 0.0531. The molecule has 68 valence electrons. The minimum atomic E-state index is -1.03. The van der Waals surface area contributed by atoms with Crippen molar-refractivity contribution in [2.75, 3.05) is 11.5 Å². The maximum Gasteiger partial charge on any atom is 0.331 e. The summed E-state index contributed by atoms with van der Waals surface area (Å²) in [4.78, 5) is 20.2. The number of rotatable bonds is 6. The third kappa shape index (κ3) is 5.79. The molecule has 0 aliphatic rings. The number of thioether (sulfide) groups is 1. The summed E-state index contributed by atoms with van der Waals surface area (Å²) in [5.41, 5.74) is 0.102. The fourth-order valence-electron chi connectivity index (χ4n) is 0.417. The van der Waals surface area contributed by atoms with Crippen LogP contribution in [-0.2, 0) is 9.59 Å². The van der Waals surface area contributed by atoms with Crippen molar-refractivity contribution < 1.29 is 19.8 Å². The summed E-state index contributed by atoms with van der Waals surface area (Å²) in [6, 6.07) is 0. The molecule has 0 unspecified atom stereocenters. The van der Waals surface area contributed by atoms with Gasteiger partial charge in [0.05, 0.1) is 6.42 Å². The lowest BCUT2D eigenvalue weighted by Crippen LogP contribution is -2.03. The fourth-order valence-corrected chi connectivity index (χ4v) is 1.25. The second kappa shape index (κ2) is 5.65. The summed E-state index contributed by atoms with van der Waals surface area (Å²) in [5, 5.41) is 16.6. The molecule has 4 nitrogen and oxygen atoms in total. The molecule has 0 bridgehead atoms. The van der Waals surface area contributed by atoms with Gasteiger partial charge < -0.3 is 10.2 Å². The minimum Gasteiger partial charge on any atom is -0.481 e. The van der Waals surface area contributed by atoms with Crippen LogP contribution in [0.15, 0.2) is 12.2 Å². The smallest absolute Gasteiger partial charge is 0.331 e. The van der Waals surface area contributed by atoms with E-state index in [0.29, 0.717) is 5.75 Å². The number of hydrogen-bond acceptors (Lipinski definition) is 3. The Morgan fingerprint density at radius 3 is 2.33 bits per heavy atom. The first-order valence-corrected chi connectivity index (χ1v) is 4.40. The van der Waals surface area contributed by atoms with Gasteiger partial charge in [-0.3, -0.25) is 4.79 Å². The standard InChI is InChI=1S/C7H10O4S/c1-5(7(10)11)4-12-3-2-6(8)9/h1-4H2,(H,8,9)(H,10,11). The molecule has 0 aliphatic carbocycles. The predicted molar refractivity (Wildman–Crippen MR) is 46.4 cm³/mol. The van der Waals surface area contributed by atoms with Crippen molar-refractivity contribution in [3.05, 3.63) is 12.2 Å². The van der Waals surface area contributed by atoms with Gasteiger partial charge in [0.15, 0.2) is 0 Å². The first kappa shape index (κ1) is 11.0. The molecule has 12 heavy (non-hydrogen) atoms. The van der Waals surface area contributed by atoms with E-state index in [4.69, 9.17) is 10.2 Å². The average molecular weight is 190 g/mol. The molecule has 0 saturated carbocycles. The molecule has 0 aromatic carbocycles. The normalized spacial score (nSPS) is 9.33. The van der Waals surface area contributed by atoms with Crippen molar-refractivity contribution in [1.29, 1.82) is 0 Å². The van der Waals surface area contributed by atoms with Gasteiger partial charge in [-0.25, -0.2) is 4.79 Å². The highest BCUT2D eigenvalue weighted by Gasteiger charge is 2.03. The van der Waals surface area contributed by atoms with Crippen molar-refractivity contribution >= 4 is 23.7 Å². The van der Waals surface area contributed by atoms with E-state index < -0.39 is 11.9 Å². The Morgan fingerprint density at radius 1 is 1.33 bits per heavy atom. The van der Waals surface area contributed by atoms with E-state index in [2.05, 4.69) is 6.58 Å². The Morgan fingerprint density at radius 2 is 1.92 bits per heavy atom. The SMILES string of the molecule is C=C(CSCCC(=O)O)C(=O)O. The van der Waals surface area contributed by atoms with E-state index in [0.717, 1.165) is 0 Å². The Kier molecular flexibility index (Phi) is 5.19. The number of hydrogen-bond donors (Lipinski definition) is 2. The van der Waals surface area contributed by atoms with Gasteiger partial charge in [-0.1, -0.05) is 6.58 Å². The van der Waals surface area contributed by atoms with E-state index in [1.165, 1.54) is 11.8 Å². The molecule has 0 aliphatic heterocycles. The third-order valence-electron chi connectivity index (χ3n) is 1.04. The largest absolute Gasteiger partial charge is 0.481 e. The minimum absolute atomic E-state index is 0.0531. The van der Waals surface area contributed by atoms with Crippen LogP contribution in [-0.4, -0.2) is 33.7 Å². The van der Waals surface area contributed by atoms with Gasteiger partial charge in [0.25, 0.3) is 0 Å². The monoisotopic (exact) mass is 190 g/mol. The highest BCUT2D eigenvalue weighted by molar-refractivity contribution is 7.99. The number of carbonyl (C=O) groups is 2. The Bertz CT molecular complexity index is 200. The van der Waals surface area contributed by atoms with Crippen LogP contribution >= 0.6 is 11.8 Å². The second-order valence-corrected chi connectivity index (χ2v) is 3.21. The van der Waals surface area contributed by atoms with Crippen LogP contribution in [0.3, 0.4) is 0 Å². The summed E-state index contributed by atoms with van der Waals surface area (Å²) in [5.74, 6) is -1.20. The third-order valence-corrected chi connectivity index (χ3v) is 2.08. The zero-order valence-corrected chi connectivity index (χ0v) is 7.26. The van der Waals surface area contributed by atoms with Gasteiger partial charge >= 0.3 is 11.9 Å². The molecule has 5 heteroatoms. The number of aliphatic carboxylic acids is 2. The van der Waals surface area contributed by atoms with E-state index in [1.54, 1.807) is 0 Å². The van der Waals surface area contributed by atoms with Gasteiger partial charge in [0.2, 0.25) is 0 Å². The molecule has 0 heterocycles. The highest BCUT2D eigenvalue weighted by atomic mass is 32.2. The first-order valence-electron chi connectivity index (χ1n) is 3.24. The lowest BCUT2D eigenvalue weighted by atomic mass is 10.4. The fraction of sp³-hybridized carbons (Fsp3) is 0.429. The molecule has 0 aromatic rings. The highest BCUT2D eigenvalue weighted by Crippen LogP contribution is 2.07. The van der Waals surface area contributed by atoms with Gasteiger partial charge in [0, 0.05) is 17.1 Å². The van der Waals surface area contributed by atoms with Gasteiger partial charge in [-0.2, -0.15) is 11.8 Å². The van der Waals surface area contributed by atoms with Gasteiger partial charge in [-0.15, -0.1) is 0 Å². The molecule has 2 N–H and O–H groups in total. The molecule has 0 spiro atoms. The van der Waals surface area contributed by atoms with Crippen molar-refractivity contribution in [1.82, 2.24) is 0 Å². The lowest BCUT2D eigenvalue weighted by Gasteiger charge is -1.98. The van der Waals surface area contributed by atoms with Crippen molar-refractivity contribution in [3.63, 3.8) is 0 Å². The molecular formula is C7H10O4S. The van der Waals surface area contributed by atoms with E-state index in [-0.39, 0.29) is 17.7 Å². The molecule has 0 atom stereocenters. The molecule has 0 fully saturated rings. The van der Waals surface area contributed by atoms with Crippen molar-refractivity contribution in [3.8, 4) is 0 Å². The summed E-state index contributed by atoms with van der Waals surface area (Å²) in [6.45, 7) is 3.30. The maximum absolute atomic E-state index is 10.2. The van der Waals surface area contributed by atoms with Crippen LogP contribution < -0.4 is 0 Å². The summed E-state index contributed by atoms with van der Waals surface area (Å²) >= 11 is 1.26. The summed E-state index contributed by atoms with van der Waals surface area (Å²) < 4.78 is 0. The van der Waals surface area contributed by atoms with Crippen LogP contribution in [0.2, 0.25) is 0 Å². The molecule has 0 saturated heterocycles. The Hall–Kier alpha value is -0.970. The van der Waals surface area contributed by atoms with E-state index >= 15 is 0 Å². The quantitative estimate of drug-likeness (QED) is 0.479. The molecule has 0 amide bonds. The molecule has 0 radical (unpaired) electrons. The molecule has 0 aromatic heterocycles. The van der Waals surface area contributed by atoms with Gasteiger partial charge in [0.1, 0.15) is 0 Å². The number of carboxylic acid groups (broad SMARTS) is 2. The Labute approximate surface area is 74.3 Å². The van der Waals surface area contributed by atoms with Gasteiger partial charge in [-0.05, 0) is 0 Å². The zero-order valence-electron chi connectivity index (χ0n) is 6.45. The predicted octanol–water partition coefficient (Wildman–Crippen LogP) is 0.835. The number of carboxylic acids is 2. The van der Waals surface area contributed by atoms with Crippen LogP contribution in [0, 0.1) is 0 Å².